The predicted molar refractivity (Wildman–Crippen MR) is 75.6 cm³/mol. The molecule has 0 bridgehead atoms. The van der Waals surface area contributed by atoms with Gasteiger partial charge in [-0.3, -0.25) is 0 Å². The normalized spacial score (nSPS) is 11.6. The Bertz CT molecular complexity index is 503. The molecule has 98 valence electrons. The maximum absolute atomic E-state index is 4.64. The van der Waals surface area contributed by atoms with E-state index in [4.69, 9.17) is 0 Å². The average Bonchev–Trinajstić information content (AvgIpc) is 2.72. The van der Waals surface area contributed by atoms with Crippen molar-refractivity contribution < 1.29 is 0 Å². The second-order valence-electron chi connectivity index (χ2n) is 4.65. The van der Waals surface area contributed by atoms with Crippen LogP contribution < -0.4 is 5.32 Å². The van der Waals surface area contributed by atoms with Crippen LogP contribution >= 0.6 is 0 Å². The largest absolute Gasteiger partial charge is 0.330 e. The number of imidazole rings is 1. The molecule has 4 heteroatoms. The number of rotatable bonds is 6. The second-order valence-corrected chi connectivity index (χ2v) is 4.65. The standard InChI is InChI=1S/C14H22N4/c1-4-17(2)10-9-15-11-14-16-12-7-5-6-8-13(12)18(14)3/h5-8,15H,4,9-11H2,1-3H3. The van der Waals surface area contributed by atoms with Gasteiger partial charge in [0, 0.05) is 20.1 Å². The summed E-state index contributed by atoms with van der Waals surface area (Å²) in [5.41, 5.74) is 2.27. The van der Waals surface area contributed by atoms with Crippen LogP contribution in [0.25, 0.3) is 11.0 Å². The van der Waals surface area contributed by atoms with Crippen molar-refractivity contribution in [2.75, 3.05) is 26.7 Å². The Labute approximate surface area is 109 Å². The van der Waals surface area contributed by atoms with E-state index in [-0.39, 0.29) is 0 Å². The third kappa shape index (κ3) is 2.89. The molecule has 0 fully saturated rings. The fourth-order valence-corrected chi connectivity index (χ4v) is 1.98. The number of para-hydroxylation sites is 2. The van der Waals surface area contributed by atoms with Crippen LogP contribution in [-0.2, 0) is 13.6 Å². The highest BCUT2D eigenvalue weighted by Crippen LogP contribution is 2.13. The summed E-state index contributed by atoms with van der Waals surface area (Å²) in [4.78, 5) is 6.93. The first-order valence-corrected chi connectivity index (χ1v) is 6.52. The van der Waals surface area contributed by atoms with E-state index in [2.05, 4.69) is 59.0 Å². The van der Waals surface area contributed by atoms with Crippen LogP contribution in [0.3, 0.4) is 0 Å². The Morgan fingerprint density at radius 1 is 1.33 bits per heavy atom. The quantitative estimate of drug-likeness (QED) is 0.786. The Kier molecular flexibility index (Phi) is 4.33. The fourth-order valence-electron chi connectivity index (χ4n) is 1.98. The van der Waals surface area contributed by atoms with Crippen molar-refractivity contribution >= 4 is 11.0 Å². The van der Waals surface area contributed by atoms with E-state index in [1.165, 1.54) is 5.52 Å². The van der Waals surface area contributed by atoms with E-state index >= 15 is 0 Å². The molecule has 0 radical (unpaired) electrons. The Balaban J connectivity index is 1.94. The first-order valence-electron chi connectivity index (χ1n) is 6.52. The number of aryl methyl sites for hydroxylation is 1. The molecular weight excluding hydrogens is 224 g/mol. The first-order chi connectivity index (χ1) is 8.72. The lowest BCUT2D eigenvalue weighted by atomic mass is 10.3. The molecule has 1 aromatic heterocycles. The summed E-state index contributed by atoms with van der Waals surface area (Å²) >= 11 is 0. The number of fused-ring (bicyclic) bond motifs is 1. The number of aromatic nitrogens is 2. The highest BCUT2D eigenvalue weighted by molar-refractivity contribution is 5.75. The van der Waals surface area contributed by atoms with Gasteiger partial charge in [0.1, 0.15) is 5.82 Å². The third-order valence-corrected chi connectivity index (χ3v) is 3.37. The van der Waals surface area contributed by atoms with Gasteiger partial charge < -0.3 is 14.8 Å². The number of hydrogen-bond donors (Lipinski definition) is 1. The number of benzene rings is 1. The maximum atomic E-state index is 4.64. The summed E-state index contributed by atoms with van der Waals surface area (Å²) in [6.07, 6.45) is 0. The van der Waals surface area contributed by atoms with Crippen molar-refractivity contribution in [3.05, 3.63) is 30.1 Å². The molecule has 0 amide bonds. The summed E-state index contributed by atoms with van der Waals surface area (Å²) in [6, 6.07) is 8.25. The van der Waals surface area contributed by atoms with E-state index in [0.29, 0.717) is 0 Å². The van der Waals surface area contributed by atoms with Crippen LogP contribution in [0.4, 0.5) is 0 Å². The Morgan fingerprint density at radius 2 is 2.11 bits per heavy atom. The van der Waals surface area contributed by atoms with Crippen LogP contribution in [0, 0.1) is 0 Å². The molecule has 0 atom stereocenters. The van der Waals surface area contributed by atoms with Crippen molar-refractivity contribution in [2.24, 2.45) is 7.05 Å². The molecule has 0 aliphatic heterocycles. The third-order valence-electron chi connectivity index (χ3n) is 3.37. The van der Waals surface area contributed by atoms with Gasteiger partial charge in [-0.15, -0.1) is 0 Å². The van der Waals surface area contributed by atoms with Crippen molar-refractivity contribution in [3.63, 3.8) is 0 Å². The number of hydrogen-bond acceptors (Lipinski definition) is 3. The SMILES string of the molecule is CCN(C)CCNCc1nc2ccccc2n1C. The topological polar surface area (TPSA) is 33.1 Å². The summed E-state index contributed by atoms with van der Waals surface area (Å²) in [5.74, 6) is 1.09. The van der Waals surface area contributed by atoms with Gasteiger partial charge in [-0.2, -0.15) is 0 Å². The van der Waals surface area contributed by atoms with Gasteiger partial charge in [-0.05, 0) is 25.7 Å². The van der Waals surface area contributed by atoms with Crippen LogP contribution in [0.15, 0.2) is 24.3 Å². The highest BCUT2D eigenvalue weighted by Gasteiger charge is 2.05. The molecule has 4 nitrogen and oxygen atoms in total. The Morgan fingerprint density at radius 3 is 2.83 bits per heavy atom. The predicted octanol–water partition coefficient (Wildman–Crippen LogP) is 1.61. The highest BCUT2D eigenvalue weighted by atomic mass is 15.1. The molecule has 1 heterocycles. The van der Waals surface area contributed by atoms with Crippen LogP contribution in [0.1, 0.15) is 12.7 Å². The van der Waals surface area contributed by atoms with Gasteiger partial charge in [0.25, 0.3) is 0 Å². The molecule has 0 saturated carbocycles. The number of likely N-dealkylation sites (N-methyl/N-ethyl adjacent to an activating group) is 1. The summed E-state index contributed by atoms with van der Waals surface area (Å²) < 4.78 is 2.16. The zero-order valence-electron chi connectivity index (χ0n) is 11.5. The van der Waals surface area contributed by atoms with E-state index in [0.717, 1.165) is 37.5 Å². The monoisotopic (exact) mass is 246 g/mol. The molecular formula is C14H22N4. The van der Waals surface area contributed by atoms with E-state index < -0.39 is 0 Å². The molecule has 0 unspecified atom stereocenters. The minimum absolute atomic E-state index is 0.822. The van der Waals surface area contributed by atoms with Gasteiger partial charge in [0.2, 0.25) is 0 Å². The van der Waals surface area contributed by atoms with Gasteiger partial charge >= 0.3 is 0 Å². The zero-order chi connectivity index (χ0) is 13.0. The Hall–Kier alpha value is -1.39. The lowest BCUT2D eigenvalue weighted by molar-refractivity contribution is 0.348. The van der Waals surface area contributed by atoms with E-state index in [1.807, 2.05) is 6.07 Å². The molecule has 0 saturated heterocycles. The van der Waals surface area contributed by atoms with Crippen LogP contribution in [-0.4, -0.2) is 41.1 Å². The molecule has 0 aliphatic rings. The molecule has 0 spiro atoms. The minimum atomic E-state index is 0.822. The fraction of sp³-hybridized carbons (Fsp3) is 0.500. The number of nitrogens with one attached hydrogen (secondary N) is 1. The van der Waals surface area contributed by atoms with E-state index in [1.54, 1.807) is 0 Å². The summed E-state index contributed by atoms with van der Waals surface area (Å²) in [7, 11) is 4.21. The molecule has 0 aliphatic carbocycles. The average molecular weight is 246 g/mol. The molecule has 1 N–H and O–H groups in total. The lowest BCUT2D eigenvalue weighted by Crippen LogP contribution is -2.29. The van der Waals surface area contributed by atoms with Gasteiger partial charge in [-0.25, -0.2) is 4.98 Å². The lowest BCUT2D eigenvalue weighted by Gasteiger charge is -2.13. The van der Waals surface area contributed by atoms with Crippen molar-refractivity contribution in [1.82, 2.24) is 19.8 Å². The second kappa shape index (κ2) is 5.98. The maximum Gasteiger partial charge on any atom is 0.123 e. The minimum Gasteiger partial charge on any atom is -0.330 e. The number of nitrogens with zero attached hydrogens (tertiary/aromatic N) is 3. The van der Waals surface area contributed by atoms with Crippen molar-refractivity contribution in [1.29, 1.82) is 0 Å². The van der Waals surface area contributed by atoms with Gasteiger partial charge in [-0.1, -0.05) is 19.1 Å². The first kappa shape index (κ1) is 13.1. The molecule has 1 aromatic carbocycles. The smallest absolute Gasteiger partial charge is 0.123 e. The molecule has 2 aromatic rings. The van der Waals surface area contributed by atoms with Crippen molar-refractivity contribution in [2.45, 2.75) is 13.5 Å². The van der Waals surface area contributed by atoms with Gasteiger partial charge in [0.15, 0.2) is 0 Å². The summed E-state index contributed by atoms with van der Waals surface area (Å²) in [6.45, 7) is 6.15. The van der Waals surface area contributed by atoms with Crippen LogP contribution in [0.5, 0.6) is 0 Å². The van der Waals surface area contributed by atoms with Gasteiger partial charge in [0.05, 0.1) is 17.6 Å². The van der Waals surface area contributed by atoms with Crippen molar-refractivity contribution in [3.8, 4) is 0 Å². The molecule has 18 heavy (non-hydrogen) atoms. The zero-order valence-corrected chi connectivity index (χ0v) is 11.5. The van der Waals surface area contributed by atoms with E-state index in [9.17, 15) is 0 Å². The molecule has 2 rings (SSSR count). The van der Waals surface area contributed by atoms with Crippen LogP contribution in [0.2, 0.25) is 0 Å². The summed E-state index contributed by atoms with van der Waals surface area (Å²) in [5, 5.41) is 3.44.